The zero-order valence-electron chi connectivity index (χ0n) is 13.6. The van der Waals surface area contributed by atoms with Gasteiger partial charge in [-0.25, -0.2) is 9.37 Å². The summed E-state index contributed by atoms with van der Waals surface area (Å²) in [4.78, 5) is 9.67. The Morgan fingerprint density at radius 1 is 1.00 bits per heavy atom. The van der Waals surface area contributed by atoms with E-state index in [2.05, 4.69) is 22.9 Å². The van der Waals surface area contributed by atoms with Crippen molar-refractivity contribution in [2.45, 2.75) is 19.3 Å². The highest BCUT2D eigenvalue weighted by atomic mass is 19.1. The molecule has 0 spiro atoms. The largest absolute Gasteiger partial charge is 0.354 e. The number of likely N-dealkylation sites (N-methyl/N-ethyl adjacent to an activating group) is 1. The molecule has 1 aromatic heterocycles. The number of aromatic nitrogens is 1. The number of rotatable bonds is 2. The second-order valence-electron chi connectivity index (χ2n) is 6.60. The number of nitrogens with zero attached hydrogens (tertiary/aromatic N) is 3. The first-order chi connectivity index (χ1) is 11.2. The van der Waals surface area contributed by atoms with Crippen LogP contribution in [0.1, 0.15) is 17.7 Å². The van der Waals surface area contributed by atoms with Crippen molar-refractivity contribution in [2.75, 3.05) is 38.1 Å². The number of fused-ring (bicyclic) bond motifs is 1. The monoisotopic (exact) mass is 311 g/mol. The van der Waals surface area contributed by atoms with E-state index < -0.39 is 0 Å². The van der Waals surface area contributed by atoms with Crippen LogP contribution < -0.4 is 4.90 Å². The van der Waals surface area contributed by atoms with Crippen LogP contribution in [0.3, 0.4) is 0 Å². The zero-order chi connectivity index (χ0) is 15.8. The van der Waals surface area contributed by atoms with Crippen LogP contribution in [0.15, 0.2) is 30.3 Å². The van der Waals surface area contributed by atoms with E-state index in [-0.39, 0.29) is 5.82 Å². The second-order valence-corrected chi connectivity index (χ2v) is 6.60. The van der Waals surface area contributed by atoms with E-state index in [9.17, 15) is 4.39 Å². The van der Waals surface area contributed by atoms with E-state index in [1.165, 1.54) is 23.2 Å². The summed E-state index contributed by atoms with van der Waals surface area (Å²) in [6, 6.07) is 9.08. The fourth-order valence-electron chi connectivity index (χ4n) is 3.61. The first-order valence-corrected chi connectivity index (χ1v) is 8.43. The molecule has 0 unspecified atom stereocenters. The number of piperazine rings is 1. The Labute approximate surface area is 136 Å². The van der Waals surface area contributed by atoms with Crippen LogP contribution in [0.2, 0.25) is 0 Å². The van der Waals surface area contributed by atoms with Gasteiger partial charge in [-0.3, -0.25) is 0 Å². The van der Waals surface area contributed by atoms with Gasteiger partial charge in [-0.15, -0.1) is 0 Å². The molecule has 0 bridgehead atoms. The maximum absolute atomic E-state index is 13.3. The van der Waals surface area contributed by atoms with Crippen molar-refractivity contribution in [2.24, 2.45) is 0 Å². The lowest BCUT2D eigenvalue weighted by atomic mass is 9.99. The van der Waals surface area contributed by atoms with Gasteiger partial charge in [0.25, 0.3) is 0 Å². The van der Waals surface area contributed by atoms with Crippen LogP contribution in [0.5, 0.6) is 0 Å². The van der Waals surface area contributed by atoms with E-state index in [1.54, 1.807) is 12.1 Å². The molecule has 2 heterocycles. The van der Waals surface area contributed by atoms with Gasteiger partial charge in [-0.2, -0.15) is 0 Å². The molecular weight excluding hydrogens is 289 g/mol. The van der Waals surface area contributed by atoms with Crippen LogP contribution in [0.25, 0.3) is 11.1 Å². The minimum Gasteiger partial charge on any atom is -0.354 e. The van der Waals surface area contributed by atoms with Gasteiger partial charge in [0, 0.05) is 31.9 Å². The Hall–Kier alpha value is -1.94. The average molecular weight is 311 g/mol. The normalized spacial score (nSPS) is 18.3. The van der Waals surface area contributed by atoms with Gasteiger partial charge in [0.1, 0.15) is 11.6 Å². The second kappa shape index (κ2) is 5.93. The van der Waals surface area contributed by atoms with Crippen LogP contribution in [0.4, 0.5) is 10.2 Å². The average Bonchev–Trinajstić information content (AvgIpc) is 3.04. The maximum atomic E-state index is 13.3. The highest BCUT2D eigenvalue weighted by molar-refractivity contribution is 5.72. The number of hydrogen-bond acceptors (Lipinski definition) is 3. The van der Waals surface area contributed by atoms with Crippen molar-refractivity contribution in [3.8, 4) is 11.1 Å². The van der Waals surface area contributed by atoms with Gasteiger partial charge < -0.3 is 9.80 Å². The summed E-state index contributed by atoms with van der Waals surface area (Å²) in [5.41, 5.74) is 4.93. The predicted molar refractivity (Wildman–Crippen MR) is 91.4 cm³/mol. The fraction of sp³-hybridized carbons (Fsp3) is 0.421. The van der Waals surface area contributed by atoms with Gasteiger partial charge in [0.2, 0.25) is 0 Å². The molecule has 2 aliphatic rings. The van der Waals surface area contributed by atoms with E-state index >= 15 is 0 Å². The zero-order valence-corrected chi connectivity index (χ0v) is 13.6. The van der Waals surface area contributed by atoms with Crippen molar-refractivity contribution in [3.05, 3.63) is 47.4 Å². The van der Waals surface area contributed by atoms with Crippen LogP contribution in [-0.4, -0.2) is 43.1 Å². The third-order valence-electron chi connectivity index (χ3n) is 5.02. The van der Waals surface area contributed by atoms with Gasteiger partial charge in [0.15, 0.2) is 0 Å². The summed E-state index contributed by atoms with van der Waals surface area (Å²) < 4.78 is 13.3. The minimum absolute atomic E-state index is 0.182. The molecule has 1 fully saturated rings. The highest BCUT2D eigenvalue weighted by Crippen LogP contribution is 2.34. The molecule has 1 saturated heterocycles. The van der Waals surface area contributed by atoms with E-state index in [4.69, 9.17) is 4.98 Å². The first kappa shape index (κ1) is 14.6. The number of hydrogen-bond donors (Lipinski definition) is 0. The Kier molecular flexibility index (Phi) is 3.77. The first-order valence-electron chi connectivity index (χ1n) is 8.43. The molecule has 1 aliphatic heterocycles. The summed E-state index contributed by atoms with van der Waals surface area (Å²) >= 11 is 0. The third-order valence-corrected chi connectivity index (χ3v) is 5.02. The molecule has 1 aromatic carbocycles. The molecule has 2 aromatic rings. The Bertz CT molecular complexity index is 703. The number of halogens is 1. The number of anilines is 1. The maximum Gasteiger partial charge on any atom is 0.129 e. The molecule has 23 heavy (non-hydrogen) atoms. The van der Waals surface area contributed by atoms with Crippen molar-refractivity contribution >= 4 is 5.82 Å². The smallest absolute Gasteiger partial charge is 0.129 e. The minimum atomic E-state index is -0.182. The third kappa shape index (κ3) is 2.83. The van der Waals surface area contributed by atoms with Gasteiger partial charge in [0.05, 0.1) is 0 Å². The quantitative estimate of drug-likeness (QED) is 0.849. The van der Waals surface area contributed by atoms with Gasteiger partial charge in [-0.05, 0) is 61.2 Å². The molecule has 0 saturated carbocycles. The molecular formula is C19H22FN3. The molecule has 1 aliphatic carbocycles. The standard InChI is InChI=1S/C19H22FN3/c1-22-9-11-23(12-10-22)19-13-17(14-5-7-15(20)8-6-14)16-3-2-4-18(16)21-19/h5-8,13H,2-4,9-12H2,1H3. The molecule has 0 atom stereocenters. The van der Waals surface area contributed by atoms with Crippen molar-refractivity contribution in [3.63, 3.8) is 0 Å². The van der Waals surface area contributed by atoms with Crippen LogP contribution in [0, 0.1) is 5.82 Å². The van der Waals surface area contributed by atoms with Crippen LogP contribution >= 0.6 is 0 Å². The number of aryl methyl sites for hydroxylation is 1. The van der Waals surface area contributed by atoms with Crippen molar-refractivity contribution < 1.29 is 4.39 Å². The molecule has 0 amide bonds. The molecule has 3 nitrogen and oxygen atoms in total. The summed E-state index contributed by atoms with van der Waals surface area (Å²) in [6.45, 7) is 4.19. The Morgan fingerprint density at radius 3 is 2.48 bits per heavy atom. The lowest BCUT2D eigenvalue weighted by molar-refractivity contribution is 0.312. The molecule has 0 N–H and O–H groups in total. The lowest BCUT2D eigenvalue weighted by Crippen LogP contribution is -2.44. The number of pyridine rings is 1. The summed E-state index contributed by atoms with van der Waals surface area (Å²) in [5, 5.41) is 0. The van der Waals surface area contributed by atoms with Crippen LogP contribution in [-0.2, 0) is 12.8 Å². The Morgan fingerprint density at radius 2 is 1.74 bits per heavy atom. The summed E-state index contributed by atoms with van der Waals surface area (Å²) in [5.74, 6) is 0.900. The van der Waals surface area contributed by atoms with E-state index in [1.807, 2.05) is 12.1 Å². The van der Waals surface area contributed by atoms with E-state index in [0.29, 0.717) is 0 Å². The number of benzene rings is 1. The van der Waals surface area contributed by atoms with E-state index in [0.717, 1.165) is 50.4 Å². The summed E-state index contributed by atoms with van der Waals surface area (Å²) in [6.07, 6.45) is 3.31. The predicted octanol–water partition coefficient (Wildman–Crippen LogP) is 3.13. The fourth-order valence-corrected chi connectivity index (χ4v) is 3.61. The van der Waals surface area contributed by atoms with Gasteiger partial charge in [-0.1, -0.05) is 12.1 Å². The SMILES string of the molecule is CN1CCN(c2cc(-c3ccc(F)cc3)c3c(n2)CCC3)CC1. The highest BCUT2D eigenvalue weighted by Gasteiger charge is 2.22. The lowest BCUT2D eigenvalue weighted by Gasteiger charge is -2.33. The van der Waals surface area contributed by atoms with Crippen molar-refractivity contribution in [1.82, 2.24) is 9.88 Å². The topological polar surface area (TPSA) is 19.4 Å². The molecule has 0 radical (unpaired) electrons. The molecule has 4 rings (SSSR count). The Balaban J connectivity index is 1.74. The summed E-state index contributed by atoms with van der Waals surface area (Å²) in [7, 11) is 2.16. The van der Waals surface area contributed by atoms with Gasteiger partial charge >= 0.3 is 0 Å². The van der Waals surface area contributed by atoms with Crippen molar-refractivity contribution in [1.29, 1.82) is 0 Å². The molecule has 4 heteroatoms. The molecule has 120 valence electrons.